The SMILES string of the molecule is Cc1c(I)cc(C(=O)Cl)cc1[N+](=O)[O-]. The van der Waals surface area contributed by atoms with Crippen LogP contribution in [0.25, 0.3) is 0 Å². The van der Waals surface area contributed by atoms with Gasteiger partial charge in [0.25, 0.3) is 10.9 Å². The third kappa shape index (κ3) is 2.21. The summed E-state index contributed by atoms with van der Waals surface area (Å²) < 4.78 is 0.654. The van der Waals surface area contributed by atoms with Gasteiger partial charge in [0.15, 0.2) is 0 Å². The zero-order chi connectivity index (χ0) is 10.9. The van der Waals surface area contributed by atoms with E-state index in [0.717, 1.165) is 0 Å². The molecule has 0 amide bonds. The van der Waals surface area contributed by atoms with Crippen molar-refractivity contribution in [1.82, 2.24) is 0 Å². The Kier molecular flexibility index (Phi) is 3.43. The van der Waals surface area contributed by atoms with Gasteiger partial charge in [-0.25, -0.2) is 0 Å². The second kappa shape index (κ2) is 4.22. The summed E-state index contributed by atoms with van der Waals surface area (Å²) in [6, 6.07) is 2.71. The average molecular weight is 325 g/mol. The Balaban J connectivity index is 3.43. The smallest absolute Gasteiger partial charge is 0.274 e. The van der Waals surface area contributed by atoms with Crippen molar-refractivity contribution in [3.05, 3.63) is 36.9 Å². The molecule has 0 fully saturated rings. The first-order chi connectivity index (χ1) is 6.43. The van der Waals surface area contributed by atoms with Gasteiger partial charge in [0, 0.05) is 20.8 Å². The number of nitrogens with zero attached hydrogens (tertiary/aromatic N) is 1. The lowest BCUT2D eigenvalue weighted by atomic mass is 10.1. The van der Waals surface area contributed by atoms with Crippen LogP contribution in [0.1, 0.15) is 15.9 Å². The summed E-state index contributed by atoms with van der Waals surface area (Å²) in [6.07, 6.45) is 0. The molecule has 6 heteroatoms. The number of hydrogen-bond acceptors (Lipinski definition) is 3. The third-order valence-electron chi connectivity index (χ3n) is 1.74. The normalized spacial score (nSPS) is 9.93. The highest BCUT2D eigenvalue weighted by atomic mass is 127. The van der Waals surface area contributed by atoms with E-state index in [9.17, 15) is 14.9 Å². The Bertz CT molecular complexity index is 419. The van der Waals surface area contributed by atoms with E-state index >= 15 is 0 Å². The van der Waals surface area contributed by atoms with Gasteiger partial charge in [-0.2, -0.15) is 0 Å². The summed E-state index contributed by atoms with van der Waals surface area (Å²) in [5, 5.41) is 9.91. The van der Waals surface area contributed by atoms with Crippen LogP contribution in [0.15, 0.2) is 12.1 Å². The van der Waals surface area contributed by atoms with Gasteiger partial charge in [0.05, 0.1) is 4.92 Å². The number of halogens is 2. The van der Waals surface area contributed by atoms with Crippen molar-refractivity contribution in [3.63, 3.8) is 0 Å². The van der Waals surface area contributed by atoms with Crippen molar-refractivity contribution >= 4 is 45.1 Å². The van der Waals surface area contributed by atoms with Gasteiger partial charge in [-0.3, -0.25) is 14.9 Å². The lowest BCUT2D eigenvalue weighted by Crippen LogP contribution is -1.98. The summed E-state index contributed by atoms with van der Waals surface area (Å²) in [4.78, 5) is 20.9. The Hall–Kier alpha value is -0.690. The summed E-state index contributed by atoms with van der Waals surface area (Å²) in [6.45, 7) is 1.63. The zero-order valence-electron chi connectivity index (χ0n) is 7.08. The molecule has 74 valence electrons. The topological polar surface area (TPSA) is 60.2 Å². The number of rotatable bonds is 2. The number of carbonyl (C=O) groups excluding carboxylic acids is 1. The molecule has 1 aromatic carbocycles. The van der Waals surface area contributed by atoms with Crippen LogP contribution in [0.2, 0.25) is 0 Å². The fraction of sp³-hybridized carbons (Fsp3) is 0.125. The van der Waals surface area contributed by atoms with Crippen LogP contribution in [-0.4, -0.2) is 10.2 Å². The highest BCUT2D eigenvalue weighted by Crippen LogP contribution is 2.25. The van der Waals surface area contributed by atoms with E-state index < -0.39 is 10.2 Å². The fourth-order valence-corrected chi connectivity index (χ4v) is 1.69. The molecule has 0 heterocycles. The molecule has 14 heavy (non-hydrogen) atoms. The lowest BCUT2D eigenvalue weighted by Gasteiger charge is -2.01. The predicted octanol–water partition coefficient (Wildman–Crippen LogP) is 2.89. The molecule has 0 aliphatic rings. The summed E-state index contributed by atoms with van der Waals surface area (Å²) >= 11 is 7.17. The number of hydrogen-bond donors (Lipinski definition) is 0. The average Bonchev–Trinajstić information content (AvgIpc) is 2.08. The van der Waals surface area contributed by atoms with E-state index in [1.807, 2.05) is 22.6 Å². The first-order valence-electron chi connectivity index (χ1n) is 3.58. The predicted molar refractivity (Wildman–Crippen MR) is 60.7 cm³/mol. The van der Waals surface area contributed by atoms with Gasteiger partial charge in [0.1, 0.15) is 0 Å². The van der Waals surface area contributed by atoms with Crippen molar-refractivity contribution < 1.29 is 9.72 Å². The molecule has 0 atom stereocenters. The first-order valence-corrected chi connectivity index (χ1v) is 5.03. The minimum Gasteiger partial charge on any atom is -0.276 e. The maximum absolute atomic E-state index is 10.8. The second-order valence-electron chi connectivity index (χ2n) is 2.63. The summed E-state index contributed by atoms with van der Waals surface area (Å²) in [5.41, 5.74) is 0.603. The van der Waals surface area contributed by atoms with Gasteiger partial charge in [-0.15, -0.1) is 0 Å². The number of benzene rings is 1. The maximum atomic E-state index is 10.8. The van der Waals surface area contributed by atoms with Crippen molar-refractivity contribution in [2.45, 2.75) is 6.92 Å². The summed E-state index contributed by atoms with van der Waals surface area (Å²) in [7, 11) is 0. The van der Waals surface area contributed by atoms with Crippen molar-refractivity contribution in [2.75, 3.05) is 0 Å². The Morgan fingerprint density at radius 3 is 2.57 bits per heavy atom. The van der Waals surface area contributed by atoms with E-state index in [0.29, 0.717) is 9.13 Å². The quantitative estimate of drug-likeness (QED) is 0.363. The molecule has 0 aliphatic carbocycles. The van der Waals surface area contributed by atoms with Crippen LogP contribution >= 0.6 is 34.2 Å². The molecule has 0 aromatic heterocycles. The van der Waals surface area contributed by atoms with Gasteiger partial charge >= 0.3 is 0 Å². The van der Waals surface area contributed by atoms with Crippen LogP contribution in [0, 0.1) is 20.6 Å². The highest BCUT2D eigenvalue weighted by molar-refractivity contribution is 14.1. The van der Waals surface area contributed by atoms with E-state index in [-0.39, 0.29) is 11.3 Å². The van der Waals surface area contributed by atoms with Crippen molar-refractivity contribution in [3.8, 4) is 0 Å². The van der Waals surface area contributed by atoms with Crippen LogP contribution in [0.5, 0.6) is 0 Å². The van der Waals surface area contributed by atoms with Crippen molar-refractivity contribution in [1.29, 1.82) is 0 Å². The minimum atomic E-state index is -0.689. The maximum Gasteiger partial charge on any atom is 0.274 e. The zero-order valence-corrected chi connectivity index (χ0v) is 10.00. The largest absolute Gasteiger partial charge is 0.276 e. The Morgan fingerprint density at radius 1 is 1.57 bits per heavy atom. The van der Waals surface area contributed by atoms with Crippen molar-refractivity contribution in [2.24, 2.45) is 0 Å². The van der Waals surface area contributed by atoms with Gasteiger partial charge in [-0.05, 0) is 47.2 Å². The Labute approximate surface area is 98.5 Å². The van der Waals surface area contributed by atoms with Gasteiger partial charge < -0.3 is 0 Å². The molecule has 1 aromatic rings. The molecule has 0 N–H and O–H groups in total. The van der Waals surface area contributed by atoms with E-state index in [1.165, 1.54) is 12.1 Å². The van der Waals surface area contributed by atoms with E-state index in [4.69, 9.17) is 11.6 Å². The molecule has 0 saturated heterocycles. The van der Waals surface area contributed by atoms with Crippen LogP contribution < -0.4 is 0 Å². The minimum absolute atomic E-state index is 0.0825. The molecular weight excluding hydrogens is 320 g/mol. The number of nitro benzene ring substituents is 1. The Morgan fingerprint density at radius 2 is 2.14 bits per heavy atom. The molecule has 4 nitrogen and oxygen atoms in total. The molecule has 0 unspecified atom stereocenters. The molecule has 0 spiro atoms. The highest BCUT2D eigenvalue weighted by Gasteiger charge is 2.16. The van der Waals surface area contributed by atoms with Crippen LogP contribution in [0.4, 0.5) is 5.69 Å². The first kappa shape index (κ1) is 11.4. The molecule has 0 radical (unpaired) electrons. The number of carbonyl (C=O) groups is 1. The molecule has 0 aliphatic heterocycles. The van der Waals surface area contributed by atoms with E-state index in [2.05, 4.69) is 0 Å². The van der Waals surface area contributed by atoms with Gasteiger partial charge in [-0.1, -0.05) is 0 Å². The number of nitro groups is 1. The molecule has 0 saturated carbocycles. The standard InChI is InChI=1S/C8H5ClINO3/c1-4-6(10)2-5(8(9)12)3-7(4)11(13)14/h2-3H,1H3. The fourth-order valence-electron chi connectivity index (χ4n) is 0.967. The molecular formula is C8H5ClINO3. The summed E-state index contributed by atoms with van der Waals surface area (Å²) in [5.74, 6) is 0. The van der Waals surface area contributed by atoms with Crippen LogP contribution in [-0.2, 0) is 0 Å². The monoisotopic (exact) mass is 325 g/mol. The molecule has 1 rings (SSSR count). The lowest BCUT2D eigenvalue weighted by molar-refractivity contribution is -0.385. The third-order valence-corrected chi connectivity index (χ3v) is 3.08. The van der Waals surface area contributed by atoms with E-state index in [1.54, 1.807) is 6.92 Å². The molecule has 0 bridgehead atoms. The van der Waals surface area contributed by atoms with Crippen LogP contribution in [0.3, 0.4) is 0 Å². The van der Waals surface area contributed by atoms with Gasteiger partial charge in [0.2, 0.25) is 0 Å². The second-order valence-corrected chi connectivity index (χ2v) is 4.14.